The third-order valence-corrected chi connectivity index (χ3v) is 5.68. The van der Waals surface area contributed by atoms with Gasteiger partial charge in [0.25, 0.3) is 0 Å². The van der Waals surface area contributed by atoms with Crippen LogP contribution in [0.5, 0.6) is 0 Å². The SMILES string of the molecule is CC1(C)CCC(C)(C)c2nc(-c3ccc(-c4ccc(C(=O)O)cn4)[nH]3)cnc21. The summed E-state index contributed by atoms with van der Waals surface area (Å²) in [6, 6.07) is 7.13. The Morgan fingerprint density at radius 1 is 0.893 bits per heavy atom. The van der Waals surface area contributed by atoms with E-state index in [1.807, 2.05) is 18.3 Å². The van der Waals surface area contributed by atoms with Crippen molar-refractivity contribution < 1.29 is 9.90 Å². The van der Waals surface area contributed by atoms with Gasteiger partial charge in [-0.25, -0.2) is 9.78 Å². The number of nitrogens with one attached hydrogen (secondary N) is 1. The quantitative estimate of drug-likeness (QED) is 0.698. The number of carboxylic acid groups (broad SMARTS) is 1. The molecular formula is C22H24N4O2. The number of aromatic carboxylic acids is 1. The molecule has 3 aromatic heterocycles. The van der Waals surface area contributed by atoms with Crippen molar-refractivity contribution in [3.8, 4) is 22.8 Å². The molecule has 6 heteroatoms. The van der Waals surface area contributed by atoms with E-state index in [9.17, 15) is 4.79 Å². The molecule has 0 aromatic carbocycles. The van der Waals surface area contributed by atoms with Crippen LogP contribution in [-0.4, -0.2) is 31.0 Å². The summed E-state index contributed by atoms with van der Waals surface area (Å²) < 4.78 is 0. The summed E-state index contributed by atoms with van der Waals surface area (Å²) in [5.41, 5.74) is 5.53. The van der Waals surface area contributed by atoms with Gasteiger partial charge in [0.05, 0.1) is 40.2 Å². The average Bonchev–Trinajstić information content (AvgIpc) is 3.15. The van der Waals surface area contributed by atoms with Crippen molar-refractivity contribution in [2.45, 2.75) is 51.4 Å². The van der Waals surface area contributed by atoms with Crippen LogP contribution in [-0.2, 0) is 10.8 Å². The highest BCUT2D eigenvalue weighted by molar-refractivity contribution is 5.87. The molecule has 0 aliphatic heterocycles. The van der Waals surface area contributed by atoms with Crippen molar-refractivity contribution in [2.75, 3.05) is 0 Å². The maximum absolute atomic E-state index is 11.0. The number of aromatic amines is 1. The highest BCUT2D eigenvalue weighted by Crippen LogP contribution is 2.44. The summed E-state index contributed by atoms with van der Waals surface area (Å²) in [5.74, 6) is -0.985. The molecule has 28 heavy (non-hydrogen) atoms. The summed E-state index contributed by atoms with van der Waals surface area (Å²) in [5, 5.41) is 9.01. The minimum atomic E-state index is -0.985. The van der Waals surface area contributed by atoms with E-state index < -0.39 is 5.97 Å². The molecule has 0 unspecified atom stereocenters. The fourth-order valence-electron chi connectivity index (χ4n) is 3.72. The van der Waals surface area contributed by atoms with Gasteiger partial charge in [0.1, 0.15) is 5.69 Å². The molecule has 6 nitrogen and oxygen atoms in total. The topological polar surface area (TPSA) is 91.8 Å². The molecule has 4 rings (SSSR count). The minimum Gasteiger partial charge on any atom is -0.478 e. The summed E-state index contributed by atoms with van der Waals surface area (Å²) in [6.45, 7) is 8.92. The fraction of sp³-hybridized carbons (Fsp3) is 0.364. The molecule has 0 amide bonds. The van der Waals surface area contributed by atoms with Crippen LogP contribution in [0.25, 0.3) is 22.8 Å². The first-order chi connectivity index (χ1) is 13.2. The molecule has 2 N–H and O–H groups in total. The lowest BCUT2D eigenvalue weighted by molar-refractivity contribution is 0.0696. The van der Waals surface area contributed by atoms with E-state index in [4.69, 9.17) is 15.1 Å². The van der Waals surface area contributed by atoms with E-state index in [0.717, 1.165) is 41.3 Å². The Bertz CT molecular complexity index is 1050. The van der Waals surface area contributed by atoms with Crippen LogP contribution in [0, 0.1) is 0 Å². The van der Waals surface area contributed by atoms with Crippen LogP contribution in [0.4, 0.5) is 0 Å². The smallest absolute Gasteiger partial charge is 0.337 e. The molecule has 0 bridgehead atoms. The molecule has 3 heterocycles. The molecule has 1 aliphatic rings. The number of H-pyrrole nitrogens is 1. The second-order valence-electron chi connectivity index (χ2n) is 8.74. The second kappa shape index (κ2) is 6.26. The summed E-state index contributed by atoms with van der Waals surface area (Å²) in [4.78, 5) is 28.3. The zero-order valence-electron chi connectivity index (χ0n) is 16.6. The Kier molecular flexibility index (Phi) is 4.10. The summed E-state index contributed by atoms with van der Waals surface area (Å²) >= 11 is 0. The molecule has 3 aromatic rings. The first-order valence-corrected chi connectivity index (χ1v) is 9.44. The van der Waals surface area contributed by atoms with Gasteiger partial charge in [-0.1, -0.05) is 27.7 Å². The van der Waals surface area contributed by atoms with Crippen molar-refractivity contribution in [2.24, 2.45) is 0 Å². The van der Waals surface area contributed by atoms with Gasteiger partial charge in [-0.2, -0.15) is 0 Å². The van der Waals surface area contributed by atoms with Gasteiger partial charge in [-0.05, 0) is 37.1 Å². The van der Waals surface area contributed by atoms with E-state index in [2.05, 4.69) is 37.7 Å². The van der Waals surface area contributed by atoms with Gasteiger partial charge in [-0.15, -0.1) is 0 Å². The molecule has 0 fully saturated rings. The van der Waals surface area contributed by atoms with Crippen molar-refractivity contribution in [3.63, 3.8) is 0 Å². The Morgan fingerprint density at radius 3 is 2.14 bits per heavy atom. The van der Waals surface area contributed by atoms with Crippen LogP contribution in [0.1, 0.15) is 62.3 Å². The first-order valence-electron chi connectivity index (χ1n) is 9.44. The molecular weight excluding hydrogens is 352 g/mol. The molecule has 0 radical (unpaired) electrons. The standard InChI is InChI=1S/C22H24N4O2/c1-21(2)9-10-22(3,4)19-18(21)24-12-17(26-19)16-8-7-15(25-16)14-6-5-13(11-23-14)20(27)28/h5-8,11-12,25H,9-10H2,1-4H3,(H,27,28). The van der Waals surface area contributed by atoms with Gasteiger partial charge >= 0.3 is 5.97 Å². The van der Waals surface area contributed by atoms with Crippen LogP contribution >= 0.6 is 0 Å². The molecule has 0 atom stereocenters. The minimum absolute atomic E-state index is 0.00248. The predicted octanol–water partition coefficient (Wildman–Crippen LogP) is 4.58. The number of carboxylic acids is 1. The highest BCUT2D eigenvalue weighted by Gasteiger charge is 2.39. The maximum Gasteiger partial charge on any atom is 0.337 e. The van der Waals surface area contributed by atoms with E-state index >= 15 is 0 Å². The van der Waals surface area contributed by atoms with Crippen molar-refractivity contribution in [1.82, 2.24) is 19.9 Å². The lowest BCUT2D eigenvalue weighted by atomic mass is 9.67. The van der Waals surface area contributed by atoms with Crippen LogP contribution in [0.15, 0.2) is 36.7 Å². The number of fused-ring (bicyclic) bond motifs is 1. The maximum atomic E-state index is 11.0. The van der Waals surface area contributed by atoms with E-state index in [1.54, 1.807) is 12.1 Å². The number of nitrogens with zero attached hydrogens (tertiary/aromatic N) is 3. The van der Waals surface area contributed by atoms with Gasteiger partial charge in [0, 0.05) is 17.0 Å². The van der Waals surface area contributed by atoms with Gasteiger partial charge in [0.2, 0.25) is 0 Å². The monoisotopic (exact) mass is 376 g/mol. The number of aromatic nitrogens is 4. The Morgan fingerprint density at radius 2 is 1.54 bits per heavy atom. The largest absolute Gasteiger partial charge is 0.478 e. The van der Waals surface area contributed by atoms with Crippen molar-refractivity contribution in [1.29, 1.82) is 0 Å². The number of carbonyl (C=O) groups is 1. The fourth-order valence-corrected chi connectivity index (χ4v) is 3.72. The number of pyridine rings is 1. The van der Waals surface area contributed by atoms with E-state index in [-0.39, 0.29) is 16.4 Å². The summed E-state index contributed by atoms with van der Waals surface area (Å²) in [6.07, 6.45) is 5.38. The lowest BCUT2D eigenvalue weighted by Gasteiger charge is -2.39. The van der Waals surface area contributed by atoms with Crippen molar-refractivity contribution in [3.05, 3.63) is 53.6 Å². The molecule has 0 saturated heterocycles. The Labute approximate surface area is 164 Å². The third-order valence-electron chi connectivity index (χ3n) is 5.68. The molecule has 144 valence electrons. The third kappa shape index (κ3) is 3.09. The predicted molar refractivity (Wildman–Crippen MR) is 107 cm³/mol. The Hall–Kier alpha value is -3.02. The number of hydrogen-bond donors (Lipinski definition) is 2. The zero-order valence-corrected chi connectivity index (χ0v) is 16.6. The summed E-state index contributed by atoms with van der Waals surface area (Å²) in [7, 11) is 0. The van der Waals surface area contributed by atoms with Crippen LogP contribution in [0.3, 0.4) is 0 Å². The van der Waals surface area contributed by atoms with E-state index in [1.165, 1.54) is 6.20 Å². The molecule has 0 spiro atoms. The van der Waals surface area contributed by atoms with Crippen LogP contribution in [0.2, 0.25) is 0 Å². The van der Waals surface area contributed by atoms with Gasteiger partial charge < -0.3 is 10.1 Å². The first kappa shape index (κ1) is 18.3. The average molecular weight is 376 g/mol. The molecule has 1 aliphatic carbocycles. The zero-order chi connectivity index (χ0) is 20.1. The lowest BCUT2D eigenvalue weighted by Crippen LogP contribution is -2.36. The van der Waals surface area contributed by atoms with Gasteiger partial charge in [-0.3, -0.25) is 9.97 Å². The number of hydrogen-bond acceptors (Lipinski definition) is 4. The Balaban J connectivity index is 1.71. The molecule has 0 saturated carbocycles. The number of rotatable bonds is 3. The van der Waals surface area contributed by atoms with E-state index in [0.29, 0.717) is 5.69 Å². The van der Waals surface area contributed by atoms with Gasteiger partial charge in [0.15, 0.2) is 0 Å². The highest BCUT2D eigenvalue weighted by atomic mass is 16.4. The van der Waals surface area contributed by atoms with Crippen LogP contribution < -0.4 is 0 Å². The second-order valence-corrected chi connectivity index (χ2v) is 8.74. The van der Waals surface area contributed by atoms with Crippen molar-refractivity contribution >= 4 is 5.97 Å². The normalized spacial score (nSPS) is 17.1.